The Hall–Kier alpha value is -1.39. The second kappa shape index (κ2) is 4.63. The van der Waals surface area contributed by atoms with Crippen molar-refractivity contribution in [2.24, 2.45) is 0 Å². The fraction of sp³-hybridized carbons (Fsp3) is 0.0833. The van der Waals surface area contributed by atoms with Crippen molar-refractivity contribution in [1.29, 1.82) is 0 Å². The van der Waals surface area contributed by atoms with E-state index < -0.39 is 6.10 Å². The van der Waals surface area contributed by atoms with E-state index in [0.29, 0.717) is 16.9 Å². The average Bonchev–Trinajstić information content (AvgIpc) is 2.32. The zero-order valence-electron chi connectivity index (χ0n) is 8.47. The molecule has 0 saturated carbocycles. The van der Waals surface area contributed by atoms with Crippen LogP contribution in [-0.4, -0.2) is 10.1 Å². The highest BCUT2D eigenvalue weighted by molar-refractivity contribution is 9.10. The van der Waals surface area contributed by atoms with Crippen molar-refractivity contribution in [3.8, 4) is 0 Å². The molecule has 0 fully saturated rings. The monoisotopic (exact) mass is 278 g/mol. The lowest BCUT2D eigenvalue weighted by molar-refractivity contribution is 0.216. The minimum Gasteiger partial charge on any atom is -0.398 e. The number of rotatable bonds is 2. The summed E-state index contributed by atoms with van der Waals surface area (Å²) in [6.07, 6.45) is 0.853. The van der Waals surface area contributed by atoms with Crippen molar-refractivity contribution < 1.29 is 5.11 Å². The number of nitrogens with zero attached hydrogens (tertiary/aromatic N) is 1. The minimum atomic E-state index is -0.793. The smallest absolute Gasteiger partial charge is 0.123 e. The van der Waals surface area contributed by atoms with E-state index in [0.717, 1.165) is 4.47 Å². The van der Waals surface area contributed by atoms with Crippen molar-refractivity contribution in [1.82, 2.24) is 4.98 Å². The number of nitrogen functional groups attached to an aromatic ring is 1. The highest BCUT2D eigenvalue weighted by Crippen LogP contribution is 2.27. The first-order chi connectivity index (χ1) is 7.68. The molecule has 0 saturated heterocycles. The summed E-state index contributed by atoms with van der Waals surface area (Å²) in [5.41, 5.74) is 7.63. The topological polar surface area (TPSA) is 59.1 Å². The molecule has 1 atom stereocenters. The Morgan fingerprint density at radius 3 is 2.75 bits per heavy atom. The van der Waals surface area contributed by atoms with Crippen LogP contribution in [0.15, 0.2) is 47.1 Å². The van der Waals surface area contributed by atoms with Gasteiger partial charge >= 0.3 is 0 Å². The van der Waals surface area contributed by atoms with Crippen molar-refractivity contribution in [2.45, 2.75) is 6.10 Å². The first kappa shape index (κ1) is 11.1. The number of aliphatic hydroxyl groups is 1. The molecule has 0 radical (unpaired) electrons. The SMILES string of the molecule is Nc1ccc(Br)cc1[C@H](O)c1ccccn1. The van der Waals surface area contributed by atoms with Crippen molar-refractivity contribution in [2.75, 3.05) is 5.73 Å². The van der Waals surface area contributed by atoms with Crippen LogP contribution in [0.3, 0.4) is 0 Å². The lowest BCUT2D eigenvalue weighted by Crippen LogP contribution is -2.05. The van der Waals surface area contributed by atoms with Gasteiger partial charge in [-0.15, -0.1) is 0 Å². The average molecular weight is 279 g/mol. The Kier molecular flexibility index (Phi) is 3.22. The van der Waals surface area contributed by atoms with Gasteiger partial charge in [0.05, 0.1) is 5.69 Å². The third-order valence-corrected chi connectivity index (χ3v) is 2.80. The molecule has 82 valence electrons. The molecule has 0 aliphatic heterocycles. The van der Waals surface area contributed by atoms with Crippen LogP contribution in [-0.2, 0) is 0 Å². The van der Waals surface area contributed by atoms with Gasteiger partial charge in [-0.05, 0) is 30.3 Å². The molecule has 1 heterocycles. The summed E-state index contributed by atoms with van der Waals surface area (Å²) in [6.45, 7) is 0. The minimum absolute atomic E-state index is 0.557. The molecule has 2 aromatic rings. The maximum atomic E-state index is 10.1. The van der Waals surface area contributed by atoms with Gasteiger partial charge in [-0.1, -0.05) is 22.0 Å². The van der Waals surface area contributed by atoms with Gasteiger partial charge in [0.25, 0.3) is 0 Å². The normalized spacial score (nSPS) is 12.4. The summed E-state index contributed by atoms with van der Waals surface area (Å²) in [6, 6.07) is 10.8. The quantitative estimate of drug-likeness (QED) is 0.830. The molecule has 1 aromatic heterocycles. The second-order valence-corrected chi connectivity index (χ2v) is 4.35. The highest BCUT2D eigenvalue weighted by Gasteiger charge is 2.14. The number of benzene rings is 1. The number of aliphatic hydroxyl groups excluding tert-OH is 1. The molecule has 0 spiro atoms. The van der Waals surface area contributed by atoms with E-state index in [-0.39, 0.29) is 0 Å². The van der Waals surface area contributed by atoms with E-state index in [1.54, 1.807) is 30.5 Å². The van der Waals surface area contributed by atoms with E-state index in [2.05, 4.69) is 20.9 Å². The first-order valence-electron chi connectivity index (χ1n) is 4.82. The van der Waals surface area contributed by atoms with Crippen LogP contribution >= 0.6 is 15.9 Å². The molecule has 3 N–H and O–H groups in total. The van der Waals surface area contributed by atoms with E-state index >= 15 is 0 Å². The molecule has 16 heavy (non-hydrogen) atoms. The van der Waals surface area contributed by atoms with E-state index in [9.17, 15) is 5.11 Å². The third kappa shape index (κ3) is 2.23. The van der Waals surface area contributed by atoms with Crippen LogP contribution in [0.1, 0.15) is 17.4 Å². The van der Waals surface area contributed by atoms with Crippen molar-refractivity contribution >= 4 is 21.6 Å². The molecule has 4 heteroatoms. The predicted molar refractivity (Wildman–Crippen MR) is 66.9 cm³/mol. The molecular weight excluding hydrogens is 268 g/mol. The van der Waals surface area contributed by atoms with Gasteiger partial charge in [0, 0.05) is 21.9 Å². The molecule has 0 amide bonds. The van der Waals surface area contributed by atoms with Crippen LogP contribution in [0, 0.1) is 0 Å². The van der Waals surface area contributed by atoms with Gasteiger partial charge in [-0.3, -0.25) is 4.98 Å². The molecule has 2 rings (SSSR count). The predicted octanol–water partition coefficient (Wildman–Crippen LogP) is 2.51. The van der Waals surface area contributed by atoms with E-state index in [4.69, 9.17) is 5.73 Å². The summed E-state index contributed by atoms with van der Waals surface area (Å²) in [4.78, 5) is 4.10. The third-order valence-electron chi connectivity index (χ3n) is 2.31. The number of pyridine rings is 1. The molecule has 0 unspecified atom stereocenters. The Bertz CT molecular complexity index is 488. The number of hydrogen-bond acceptors (Lipinski definition) is 3. The standard InChI is InChI=1S/C12H11BrN2O/c13-8-4-5-10(14)9(7-8)12(16)11-3-1-2-6-15-11/h1-7,12,16H,14H2/t12-/m0/s1. The molecular formula is C12H11BrN2O. The Morgan fingerprint density at radius 1 is 1.25 bits per heavy atom. The fourth-order valence-electron chi connectivity index (χ4n) is 1.48. The number of aromatic nitrogens is 1. The second-order valence-electron chi connectivity index (χ2n) is 3.43. The lowest BCUT2D eigenvalue weighted by atomic mass is 10.0. The van der Waals surface area contributed by atoms with Crippen LogP contribution in [0.4, 0.5) is 5.69 Å². The van der Waals surface area contributed by atoms with Crippen LogP contribution in [0.5, 0.6) is 0 Å². The molecule has 0 bridgehead atoms. The maximum absolute atomic E-state index is 10.1. The molecule has 1 aromatic carbocycles. The summed E-state index contributed by atoms with van der Waals surface area (Å²) in [5, 5.41) is 10.1. The number of halogens is 1. The Labute approximate surface area is 102 Å². The Balaban J connectivity index is 2.41. The molecule has 0 aliphatic rings. The van der Waals surface area contributed by atoms with Gasteiger partial charge in [0.1, 0.15) is 6.10 Å². The van der Waals surface area contributed by atoms with Gasteiger partial charge in [0.15, 0.2) is 0 Å². The largest absolute Gasteiger partial charge is 0.398 e. The van der Waals surface area contributed by atoms with Crippen molar-refractivity contribution in [3.05, 3.63) is 58.3 Å². The summed E-state index contributed by atoms with van der Waals surface area (Å²) < 4.78 is 0.881. The van der Waals surface area contributed by atoms with Crippen LogP contribution < -0.4 is 5.73 Å². The van der Waals surface area contributed by atoms with Gasteiger partial charge in [-0.25, -0.2) is 0 Å². The van der Waals surface area contributed by atoms with E-state index in [1.165, 1.54) is 0 Å². The van der Waals surface area contributed by atoms with Crippen LogP contribution in [0.25, 0.3) is 0 Å². The summed E-state index contributed by atoms with van der Waals surface area (Å²) in [7, 11) is 0. The van der Waals surface area contributed by atoms with Crippen LogP contribution in [0.2, 0.25) is 0 Å². The number of nitrogens with two attached hydrogens (primary N) is 1. The summed E-state index contributed by atoms with van der Waals surface area (Å²) in [5.74, 6) is 0. The lowest BCUT2D eigenvalue weighted by Gasteiger charge is -2.13. The fourth-order valence-corrected chi connectivity index (χ4v) is 1.86. The number of hydrogen-bond donors (Lipinski definition) is 2. The molecule has 0 aliphatic carbocycles. The zero-order valence-corrected chi connectivity index (χ0v) is 10.1. The first-order valence-corrected chi connectivity index (χ1v) is 5.61. The Morgan fingerprint density at radius 2 is 2.06 bits per heavy atom. The van der Waals surface area contributed by atoms with Gasteiger partial charge in [0.2, 0.25) is 0 Å². The highest BCUT2D eigenvalue weighted by atomic mass is 79.9. The zero-order chi connectivity index (χ0) is 11.5. The summed E-state index contributed by atoms with van der Waals surface area (Å²) >= 11 is 3.35. The maximum Gasteiger partial charge on any atom is 0.123 e. The number of anilines is 1. The van der Waals surface area contributed by atoms with E-state index in [1.807, 2.05) is 12.1 Å². The van der Waals surface area contributed by atoms with Crippen molar-refractivity contribution in [3.63, 3.8) is 0 Å². The van der Waals surface area contributed by atoms with Gasteiger partial charge < -0.3 is 10.8 Å². The molecule has 3 nitrogen and oxygen atoms in total. The van der Waals surface area contributed by atoms with Gasteiger partial charge in [-0.2, -0.15) is 0 Å².